The predicted octanol–water partition coefficient (Wildman–Crippen LogP) is 2.98. The van der Waals surface area contributed by atoms with Crippen LogP contribution in [0.15, 0.2) is 24.4 Å². The Hall–Kier alpha value is -2.65. The average Bonchev–Trinajstić information content (AvgIpc) is 3.00. The van der Waals surface area contributed by atoms with Gasteiger partial charge >= 0.3 is 5.97 Å². The number of ether oxygens (including phenoxy) is 2. The molecule has 0 saturated heterocycles. The Morgan fingerprint density at radius 1 is 1.38 bits per heavy atom. The Morgan fingerprint density at radius 2 is 2.19 bits per heavy atom. The van der Waals surface area contributed by atoms with E-state index in [1.807, 2.05) is 12.1 Å². The first-order valence-corrected chi connectivity index (χ1v) is 6.80. The molecular weight excluding hydrogens is 288 g/mol. The molecule has 106 valence electrons. The zero-order valence-corrected chi connectivity index (χ0v) is 12.3. The summed E-state index contributed by atoms with van der Waals surface area (Å²) in [5.41, 5.74) is 1.36. The van der Waals surface area contributed by atoms with Crippen LogP contribution in [0.4, 0.5) is 0 Å². The molecule has 0 atom stereocenters. The molecule has 5 nitrogen and oxygen atoms in total. The highest BCUT2D eigenvalue weighted by Crippen LogP contribution is 2.21. The average molecular weight is 300 g/mol. The van der Waals surface area contributed by atoms with Gasteiger partial charge in [-0.25, -0.2) is 9.78 Å². The quantitative estimate of drug-likeness (QED) is 0.812. The van der Waals surface area contributed by atoms with Crippen molar-refractivity contribution in [1.29, 1.82) is 5.26 Å². The minimum absolute atomic E-state index is 0.396. The zero-order valence-electron chi connectivity index (χ0n) is 11.5. The Labute approximate surface area is 126 Å². The van der Waals surface area contributed by atoms with Gasteiger partial charge in [0, 0.05) is 0 Å². The summed E-state index contributed by atoms with van der Waals surface area (Å²) in [7, 11) is 2.85. The maximum atomic E-state index is 11.3. The van der Waals surface area contributed by atoms with Gasteiger partial charge in [-0.15, -0.1) is 11.3 Å². The monoisotopic (exact) mass is 300 g/mol. The van der Waals surface area contributed by atoms with Crippen LogP contribution in [-0.4, -0.2) is 25.2 Å². The number of carbonyl (C=O) groups excluding carboxylic acids is 1. The molecule has 6 heteroatoms. The molecule has 0 radical (unpaired) electrons. The van der Waals surface area contributed by atoms with E-state index in [0.717, 1.165) is 5.56 Å². The van der Waals surface area contributed by atoms with Gasteiger partial charge in [-0.2, -0.15) is 5.26 Å². The molecule has 21 heavy (non-hydrogen) atoms. The lowest BCUT2D eigenvalue weighted by atomic mass is 10.1. The maximum Gasteiger partial charge on any atom is 0.349 e. The molecule has 1 heterocycles. The van der Waals surface area contributed by atoms with E-state index in [1.165, 1.54) is 31.8 Å². The number of hydrogen-bond donors (Lipinski definition) is 0. The fraction of sp³-hybridized carbons (Fsp3) is 0.133. The van der Waals surface area contributed by atoms with E-state index in [-0.39, 0.29) is 0 Å². The predicted molar refractivity (Wildman–Crippen MR) is 80.1 cm³/mol. The van der Waals surface area contributed by atoms with Crippen LogP contribution in [0, 0.1) is 11.3 Å². The van der Waals surface area contributed by atoms with Crippen molar-refractivity contribution < 1.29 is 14.3 Å². The van der Waals surface area contributed by atoms with Crippen molar-refractivity contribution in [3.8, 4) is 11.8 Å². The smallest absolute Gasteiger partial charge is 0.349 e. The molecule has 0 aliphatic rings. The first kappa shape index (κ1) is 14.8. The van der Waals surface area contributed by atoms with Crippen molar-refractivity contribution in [2.75, 3.05) is 14.2 Å². The first-order chi connectivity index (χ1) is 10.2. The molecule has 2 rings (SSSR count). The van der Waals surface area contributed by atoms with Gasteiger partial charge < -0.3 is 9.47 Å². The molecule has 1 aromatic heterocycles. The van der Waals surface area contributed by atoms with Crippen LogP contribution in [0.3, 0.4) is 0 Å². The number of methoxy groups -OCH3 is 2. The largest absolute Gasteiger partial charge is 0.495 e. The van der Waals surface area contributed by atoms with Gasteiger partial charge in [-0.1, -0.05) is 12.1 Å². The van der Waals surface area contributed by atoms with Crippen molar-refractivity contribution in [1.82, 2.24) is 4.98 Å². The molecule has 0 spiro atoms. The van der Waals surface area contributed by atoms with Crippen molar-refractivity contribution >= 4 is 29.5 Å². The first-order valence-electron chi connectivity index (χ1n) is 5.98. The number of rotatable bonds is 4. The van der Waals surface area contributed by atoms with Gasteiger partial charge in [0.05, 0.1) is 26.0 Å². The molecule has 0 aliphatic carbocycles. The van der Waals surface area contributed by atoms with Crippen LogP contribution in [0.2, 0.25) is 0 Å². The van der Waals surface area contributed by atoms with E-state index in [0.29, 0.717) is 21.2 Å². The Kier molecular flexibility index (Phi) is 4.69. The number of carbonyl (C=O) groups is 1. The molecule has 1 aromatic carbocycles. The summed E-state index contributed by atoms with van der Waals surface area (Å²) in [4.78, 5) is 15.9. The number of nitriles is 1. The van der Waals surface area contributed by atoms with Crippen LogP contribution in [0.5, 0.6) is 5.75 Å². The topological polar surface area (TPSA) is 72.2 Å². The summed E-state index contributed by atoms with van der Waals surface area (Å²) in [6.07, 6.45) is 5.11. The third kappa shape index (κ3) is 3.46. The van der Waals surface area contributed by atoms with E-state index in [9.17, 15) is 4.79 Å². The van der Waals surface area contributed by atoms with E-state index in [4.69, 9.17) is 10.00 Å². The Bertz CT molecular complexity index is 729. The van der Waals surface area contributed by atoms with Gasteiger partial charge in [0.1, 0.15) is 21.7 Å². The summed E-state index contributed by atoms with van der Waals surface area (Å²) >= 11 is 1.25. The second kappa shape index (κ2) is 6.68. The van der Waals surface area contributed by atoms with Gasteiger partial charge in [0.15, 0.2) is 0 Å². The van der Waals surface area contributed by atoms with Crippen LogP contribution >= 0.6 is 11.3 Å². The summed E-state index contributed by atoms with van der Waals surface area (Å²) in [5.74, 6) is 0.126. The summed E-state index contributed by atoms with van der Waals surface area (Å²) in [6.45, 7) is 0. The maximum absolute atomic E-state index is 11.3. The molecule has 0 bridgehead atoms. The molecule has 0 N–H and O–H groups in total. The lowest BCUT2D eigenvalue weighted by molar-refractivity contribution is 0.0606. The number of nitrogens with zero attached hydrogens (tertiary/aromatic N) is 2. The summed E-state index contributed by atoms with van der Waals surface area (Å²) in [5, 5.41) is 9.62. The van der Waals surface area contributed by atoms with Crippen LogP contribution in [0.25, 0.3) is 12.2 Å². The molecule has 0 aliphatic heterocycles. The Balaban J connectivity index is 2.20. The third-order valence-electron chi connectivity index (χ3n) is 2.67. The van der Waals surface area contributed by atoms with Gasteiger partial charge in [-0.3, -0.25) is 0 Å². The van der Waals surface area contributed by atoms with Crippen molar-refractivity contribution in [3.63, 3.8) is 0 Å². The minimum atomic E-state index is -0.396. The number of hydrogen-bond acceptors (Lipinski definition) is 6. The molecular formula is C15H12N2O3S. The molecule has 2 aromatic rings. The van der Waals surface area contributed by atoms with Crippen LogP contribution in [-0.2, 0) is 4.74 Å². The number of thiazole rings is 1. The molecule has 0 amide bonds. The van der Waals surface area contributed by atoms with E-state index >= 15 is 0 Å². The van der Waals surface area contributed by atoms with E-state index < -0.39 is 5.97 Å². The van der Waals surface area contributed by atoms with Gasteiger partial charge in [0.2, 0.25) is 0 Å². The van der Waals surface area contributed by atoms with E-state index in [1.54, 1.807) is 18.2 Å². The van der Waals surface area contributed by atoms with Gasteiger partial charge in [0.25, 0.3) is 0 Å². The fourth-order valence-electron chi connectivity index (χ4n) is 1.63. The standard InChI is InChI=1S/C15H12N2O3S/c1-19-12-7-10(3-5-11(12)8-16)4-6-14-17-9-13(21-14)15(18)20-2/h3-7,9H,1-2H3/b6-4+. The lowest BCUT2D eigenvalue weighted by Crippen LogP contribution is -1.96. The molecule has 0 saturated carbocycles. The number of benzene rings is 1. The minimum Gasteiger partial charge on any atom is -0.495 e. The normalized spacial score (nSPS) is 10.3. The van der Waals surface area contributed by atoms with Crippen molar-refractivity contribution in [2.45, 2.75) is 0 Å². The molecule has 0 unspecified atom stereocenters. The highest BCUT2D eigenvalue weighted by atomic mass is 32.1. The lowest BCUT2D eigenvalue weighted by Gasteiger charge is -2.02. The highest BCUT2D eigenvalue weighted by molar-refractivity contribution is 7.14. The fourth-order valence-corrected chi connectivity index (χ4v) is 2.37. The van der Waals surface area contributed by atoms with E-state index in [2.05, 4.69) is 15.8 Å². The SMILES string of the molecule is COC(=O)c1cnc(/C=C/c2ccc(C#N)c(OC)c2)s1. The second-order valence-corrected chi connectivity index (χ2v) is 5.02. The van der Waals surface area contributed by atoms with Gasteiger partial charge in [-0.05, 0) is 23.8 Å². The number of aromatic nitrogens is 1. The zero-order chi connectivity index (χ0) is 15.2. The van der Waals surface area contributed by atoms with Crippen molar-refractivity contribution in [3.05, 3.63) is 45.4 Å². The van der Waals surface area contributed by atoms with Crippen LogP contribution < -0.4 is 4.74 Å². The van der Waals surface area contributed by atoms with Crippen molar-refractivity contribution in [2.24, 2.45) is 0 Å². The highest BCUT2D eigenvalue weighted by Gasteiger charge is 2.08. The third-order valence-corrected chi connectivity index (χ3v) is 3.62. The van der Waals surface area contributed by atoms with Crippen LogP contribution in [0.1, 0.15) is 25.8 Å². The summed E-state index contributed by atoms with van der Waals surface area (Å²) < 4.78 is 9.78. The summed E-state index contributed by atoms with van der Waals surface area (Å²) in [6, 6.07) is 7.33. The molecule has 0 fully saturated rings. The number of esters is 1. The second-order valence-electron chi connectivity index (χ2n) is 3.96. The Morgan fingerprint density at radius 3 is 2.86 bits per heavy atom.